The number of halogens is 1. The van der Waals surface area contributed by atoms with Crippen LogP contribution in [0.4, 0.5) is 16.0 Å². The van der Waals surface area contributed by atoms with Crippen LogP contribution in [0.3, 0.4) is 0 Å². The second-order valence-corrected chi connectivity index (χ2v) is 7.44. The fraction of sp³-hybridized carbons (Fsp3) is 0.333. The van der Waals surface area contributed by atoms with Crippen molar-refractivity contribution < 1.29 is 13.9 Å². The molecular weight excluding hydrogens is 387 g/mol. The van der Waals surface area contributed by atoms with Gasteiger partial charge in [-0.15, -0.1) is 10.2 Å². The van der Waals surface area contributed by atoms with E-state index in [0.29, 0.717) is 30.4 Å². The molecule has 0 bridgehead atoms. The summed E-state index contributed by atoms with van der Waals surface area (Å²) in [6, 6.07) is 10.3. The molecular formula is C21H21FN6O2. The first-order valence-electron chi connectivity index (χ1n) is 9.92. The number of nitrogens with one attached hydrogen (secondary N) is 1. The zero-order valence-electron chi connectivity index (χ0n) is 16.5. The number of benzene rings is 1. The van der Waals surface area contributed by atoms with Crippen molar-refractivity contribution in [3.8, 4) is 5.82 Å². The highest BCUT2D eigenvalue weighted by Gasteiger charge is 2.34. The number of fused-ring (bicyclic) bond motifs is 1. The van der Waals surface area contributed by atoms with Crippen LogP contribution in [0.5, 0.6) is 0 Å². The van der Waals surface area contributed by atoms with Crippen molar-refractivity contribution in [2.75, 3.05) is 36.5 Å². The summed E-state index contributed by atoms with van der Waals surface area (Å²) in [6.07, 6.45) is 0.169. The van der Waals surface area contributed by atoms with Crippen LogP contribution >= 0.6 is 0 Å². The summed E-state index contributed by atoms with van der Waals surface area (Å²) in [6.45, 7) is 4.73. The highest BCUT2D eigenvalue weighted by molar-refractivity contribution is 5.95. The van der Waals surface area contributed by atoms with E-state index in [1.807, 2.05) is 19.1 Å². The van der Waals surface area contributed by atoms with E-state index in [0.717, 1.165) is 30.2 Å². The van der Waals surface area contributed by atoms with Crippen LogP contribution in [0.2, 0.25) is 0 Å². The SMILES string of the molecule is Cc1nn(-c2ccc(N3CCOCC3)nn2)c2c1[C@@H](c1ccccc1F)CC(=O)N2. The Morgan fingerprint density at radius 2 is 1.83 bits per heavy atom. The topological polar surface area (TPSA) is 85.2 Å². The van der Waals surface area contributed by atoms with Gasteiger partial charge in [-0.25, -0.2) is 4.39 Å². The number of hydrogen-bond donors (Lipinski definition) is 1. The third-order valence-electron chi connectivity index (χ3n) is 5.57. The van der Waals surface area contributed by atoms with E-state index in [2.05, 4.69) is 25.5 Å². The maximum absolute atomic E-state index is 14.5. The minimum atomic E-state index is -0.399. The van der Waals surface area contributed by atoms with Crippen molar-refractivity contribution in [3.63, 3.8) is 0 Å². The number of amides is 1. The summed E-state index contributed by atoms with van der Waals surface area (Å²) in [5, 5.41) is 16.1. The zero-order chi connectivity index (χ0) is 20.7. The largest absolute Gasteiger partial charge is 0.378 e. The first-order chi connectivity index (χ1) is 14.6. The molecule has 2 aromatic heterocycles. The predicted molar refractivity (Wildman–Crippen MR) is 108 cm³/mol. The van der Waals surface area contributed by atoms with Crippen LogP contribution in [0.1, 0.15) is 29.2 Å². The van der Waals surface area contributed by atoms with Gasteiger partial charge in [0, 0.05) is 31.0 Å². The Morgan fingerprint density at radius 1 is 1.10 bits per heavy atom. The fourth-order valence-electron chi connectivity index (χ4n) is 4.13. The summed E-state index contributed by atoms with van der Waals surface area (Å²) in [5.41, 5.74) is 2.01. The number of hydrogen-bond acceptors (Lipinski definition) is 6. The molecule has 9 heteroatoms. The van der Waals surface area contributed by atoms with Gasteiger partial charge in [-0.3, -0.25) is 4.79 Å². The van der Waals surface area contributed by atoms with Crippen molar-refractivity contribution in [1.29, 1.82) is 0 Å². The van der Waals surface area contributed by atoms with Crippen LogP contribution in [-0.4, -0.2) is 52.2 Å². The lowest BCUT2D eigenvalue weighted by atomic mass is 9.85. The molecule has 4 heterocycles. The fourth-order valence-corrected chi connectivity index (χ4v) is 4.13. The standard InChI is InChI=1S/C21H21FN6O2/c1-13-20-15(14-4-2-3-5-16(14)22)12-19(29)23-21(20)28(26-13)18-7-6-17(24-25-18)27-8-10-30-11-9-27/h2-7,15H,8-12H2,1H3,(H,23,29)/t15-/m1/s1. The first-order valence-corrected chi connectivity index (χ1v) is 9.92. The second-order valence-electron chi connectivity index (χ2n) is 7.44. The number of carbonyl (C=O) groups is 1. The Bertz CT molecular complexity index is 1090. The highest BCUT2D eigenvalue weighted by atomic mass is 19.1. The van der Waals surface area contributed by atoms with Crippen molar-refractivity contribution in [2.24, 2.45) is 0 Å². The average molecular weight is 408 g/mol. The van der Waals surface area contributed by atoms with Gasteiger partial charge in [0.15, 0.2) is 11.6 Å². The molecule has 5 rings (SSSR count). The summed E-state index contributed by atoms with van der Waals surface area (Å²) in [5.74, 6) is 0.869. The van der Waals surface area contributed by atoms with Gasteiger partial charge in [-0.05, 0) is 30.7 Å². The second kappa shape index (κ2) is 7.49. The lowest BCUT2D eigenvalue weighted by molar-refractivity contribution is -0.116. The molecule has 1 N–H and O–H groups in total. The lowest BCUT2D eigenvalue weighted by Gasteiger charge is -2.27. The van der Waals surface area contributed by atoms with Gasteiger partial charge in [0.2, 0.25) is 5.91 Å². The minimum absolute atomic E-state index is 0.169. The van der Waals surface area contributed by atoms with Gasteiger partial charge in [-0.1, -0.05) is 18.2 Å². The van der Waals surface area contributed by atoms with E-state index in [9.17, 15) is 9.18 Å². The van der Waals surface area contributed by atoms with Crippen LogP contribution < -0.4 is 10.2 Å². The van der Waals surface area contributed by atoms with E-state index in [1.165, 1.54) is 6.07 Å². The molecule has 0 unspecified atom stereocenters. The third-order valence-corrected chi connectivity index (χ3v) is 5.57. The Hall–Kier alpha value is -3.33. The van der Waals surface area contributed by atoms with Crippen LogP contribution in [-0.2, 0) is 9.53 Å². The molecule has 0 aliphatic carbocycles. The zero-order valence-corrected chi connectivity index (χ0v) is 16.5. The van der Waals surface area contributed by atoms with E-state index in [4.69, 9.17) is 4.74 Å². The predicted octanol–water partition coefficient (Wildman–Crippen LogP) is 2.42. The van der Waals surface area contributed by atoms with E-state index < -0.39 is 5.92 Å². The van der Waals surface area contributed by atoms with Crippen LogP contribution in [0.15, 0.2) is 36.4 Å². The molecule has 2 aliphatic rings. The molecule has 1 fully saturated rings. The molecule has 2 aliphatic heterocycles. The molecule has 8 nitrogen and oxygen atoms in total. The third kappa shape index (κ3) is 3.21. The number of aryl methyl sites for hydroxylation is 1. The Balaban J connectivity index is 1.53. The van der Waals surface area contributed by atoms with Crippen molar-refractivity contribution in [1.82, 2.24) is 20.0 Å². The molecule has 3 aromatic rings. The quantitative estimate of drug-likeness (QED) is 0.717. The molecule has 0 saturated carbocycles. The number of nitrogens with zero attached hydrogens (tertiary/aromatic N) is 5. The Kier molecular flexibility index (Phi) is 4.66. The number of anilines is 2. The smallest absolute Gasteiger partial charge is 0.226 e. The van der Waals surface area contributed by atoms with Gasteiger partial charge in [-0.2, -0.15) is 9.78 Å². The van der Waals surface area contributed by atoms with Gasteiger partial charge < -0.3 is 15.0 Å². The van der Waals surface area contributed by atoms with E-state index >= 15 is 0 Å². The summed E-state index contributed by atoms with van der Waals surface area (Å²) < 4.78 is 21.4. The number of ether oxygens (including phenoxy) is 1. The van der Waals surface area contributed by atoms with E-state index in [-0.39, 0.29) is 18.1 Å². The van der Waals surface area contributed by atoms with Gasteiger partial charge in [0.1, 0.15) is 11.6 Å². The van der Waals surface area contributed by atoms with Crippen molar-refractivity contribution >= 4 is 17.5 Å². The van der Waals surface area contributed by atoms with Gasteiger partial charge in [0.25, 0.3) is 0 Å². The summed E-state index contributed by atoms with van der Waals surface area (Å²) >= 11 is 0. The summed E-state index contributed by atoms with van der Waals surface area (Å²) in [4.78, 5) is 14.6. The van der Waals surface area contributed by atoms with E-state index in [1.54, 1.807) is 22.9 Å². The van der Waals surface area contributed by atoms with Gasteiger partial charge in [0.05, 0.1) is 18.9 Å². The minimum Gasteiger partial charge on any atom is -0.378 e. The summed E-state index contributed by atoms with van der Waals surface area (Å²) in [7, 11) is 0. The van der Waals surface area contributed by atoms with Crippen LogP contribution in [0.25, 0.3) is 5.82 Å². The molecule has 0 spiro atoms. The maximum Gasteiger partial charge on any atom is 0.226 e. The molecule has 30 heavy (non-hydrogen) atoms. The average Bonchev–Trinajstić information content (AvgIpc) is 3.10. The molecule has 1 aromatic carbocycles. The van der Waals surface area contributed by atoms with Gasteiger partial charge >= 0.3 is 0 Å². The number of rotatable bonds is 3. The highest BCUT2D eigenvalue weighted by Crippen LogP contribution is 2.40. The lowest BCUT2D eigenvalue weighted by Crippen LogP contribution is -2.36. The molecule has 1 atom stereocenters. The molecule has 1 amide bonds. The Labute approximate surface area is 172 Å². The normalized spacial score (nSPS) is 18.8. The molecule has 0 radical (unpaired) electrons. The first kappa shape index (κ1) is 18.7. The monoisotopic (exact) mass is 408 g/mol. The van der Waals surface area contributed by atoms with Crippen molar-refractivity contribution in [3.05, 3.63) is 59.0 Å². The maximum atomic E-state index is 14.5. The van der Waals surface area contributed by atoms with Crippen LogP contribution in [0, 0.1) is 12.7 Å². The number of morpholine rings is 1. The Morgan fingerprint density at radius 3 is 2.57 bits per heavy atom. The number of aromatic nitrogens is 4. The number of carbonyl (C=O) groups excluding carboxylic acids is 1. The molecule has 154 valence electrons. The molecule has 1 saturated heterocycles. The van der Waals surface area contributed by atoms with Crippen molar-refractivity contribution in [2.45, 2.75) is 19.3 Å².